The maximum Gasteiger partial charge on any atom is 0 e. The third kappa shape index (κ3) is 340. The first-order chi connectivity index (χ1) is 3.15. The van der Waals surface area contributed by atoms with Gasteiger partial charge in [-0.05, 0) is 0 Å². The summed E-state index contributed by atoms with van der Waals surface area (Å²) in [5.74, 6) is 1.42. The Morgan fingerprint density at radius 3 is 1.33 bits per heavy atom. The fraction of sp³-hybridized carbons (Fsp3) is 0.750. The Balaban J connectivity index is -0.0000000233. The van der Waals surface area contributed by atoms with Crippen molar-refractivity contribution < 1.29 is 42.5 Å². The molecule has 0 aliphatic heterocycles. The van der Waals surface area contributed by atoms with E-state index in [9.17, 15) is 0 Å². The van der Waals surface area contributed by atoms with Crippen molar-refractivity contribution in [1.82, 2.24) is 0 Å². The third-order valence-electron chi connectivity index (χ3n) is 0. The molecule has 0 aliphatic carbocycles. The van der Waals surface area contributed by atoms with Gasteiger partial charge in [-0.15, -0.1) is 12.4 Å². The Labute approximate surface area is 81.5 Å². The van der Waals surface area contributed by atoms with E-state index in [0.29, 0.717) is 0 Å². The van der Waals surface area contributed by atoms with Gasteiger partial charge in [0.25, 0.3) is 0 Å². The zero-order valence-corrected chi connectivity index (χ0v) is 10.6. The van der Waals surface area contributed by atoms with Crippen molar-refractivity contribution in [1.29, 1.82) is 0 Å². The van der Waals surface area contributed by atoms with Crippen molar-refractivity contribution in [3.05, 3.63) is 5.92 Å². The Hall–Kier alpha value is 1.18. The SMILES string of the molecule is C[C-](C)C.Cl.[O]=[Co][OH].[Zn]. The largest absolute Gasteiger partial charge is 0 e. The van der Waals surface area contributed by atoms with Crippen LogP contribution in [0.4, 0.5) is 0 Å². The predicted molar refractivity (Wildman–Crippen MR) is 30.4 cm³/mol. The van der Waals surface area contributed by atoms with Gasteiger partial charge in [0.15, 0.2) is 0 Å². The molecule has 0 aromatic rings. The van der Waals surface area contributed by atoms with Gasteiger partial charge in [-0.3, -0.25) is 0 Å². The number of halogens is 1. The molecular formula is C4H11ClCoO2Zn-. The minimum atomic E-state index is -0.812. The standard InChI is InChI=1S/C4H9.ClH.Co.H2O.O.Zn/c1-4(2)3;;;;;/h1-3H3;1H;;1H2;;/q-1;;+1;;;/p-1. The third-order valence-corrected chi connectivity index (χ3v) is 0. The number of rotatable bonds is 0. The van der Waals surface area contributed by atoms with Gasteiger partial charge >= 0.3 is 23.0 Å². The van der Waals surface area contributed by atoms with Crippen molar-refractivity contribution in [3.8, 4) is 0 Å². The van der Waals surface area contributed by atoms with Crippen molar-refractivity contribution >= 4 is 12.4 Å². The summed E-state index contributed by atoms with van der Waals surface area (Å²) in [6, 6.07) is 0. The molecule has 0 radical (unpaired) electrons. The monoisotopic (exact) mass is 249 g/mol. The summed E-state index contributed by atoms with van der Waals surface area (Å²) in [5.41, 5.74) is 0. The van der Waals surface area contributed by atoms with E-state index in [1.165, 1.54) is 5.92 Å². The summed E-state index contributed by atoms with van der Waals surface area (Å²) in [6.45, 7) is 6.25. The molecule has 0 saturated heterocycles. The van der Waals surface area contributed by atoms with E-state index < -0.39 is 15.0 Å². The van der Waals surface area contributed by atoms with E-state index in [1.54, 1.807) is 0 Å². The van der Waals surface area contributed by atoms with Crippen LogP contribution < -0.4 is 0 Å². The molecule has 1 N–H and O–H groups in total. The Morgan fingerprint density at radius 2 is 1.33 bits per heavy atom. The van der Waals surface area contributed by atoms with Gasteiger partial charge in [-0.1, -0.05) is 0 Å². The summed E-state index contributed by atoms with van der Waals surface area (Å²) in [5, 5.41) is 0. The van der Waals surface area contributed by atoms with Crippen molar-refractivity contribution in [2.24, 2.45) is 0 Å². The number of hydrogen-bond acceptors (Lipinski definition) is 1. The summed E-state index contributed by atoms with van der Waals surface area (Å²) >= 11 is -0.812. The second kappa shape index (κ2) is 22.9. The summed E-state index contributed by atoms with van der Waals surface area (Å²) in [6.07, 6.45) is 0. The molecule has 58 valence electrons. The topological polar surface area (TPSA) is 37.3 Å². The van der Waals surface area contributed by atoms with Gasteiger partial charge in [-0.2, -0.15) is 20.8 Å². The molecule has 0 aliphatic rings. The van der Waals surface area contributed by atoms with Gasteiger partial charge in [0.2, 0.25) is 0 Å². The summed E-state index contributed by atoms with van der Waals surface area (Å²) in [4.78, 5) is 0. The molecule has 2 nitrogen and oxygen atoms in total. The first-order valence-electron chi connectivity index (χ1n) is 1.79. The van der Waals surface area contributed by atoms with E-state index in [-0.39, 0.29) is 31.9 Å². The van der Waals surface area contributed by atoms with Crippen molar-refractivity contribution in [3.63, 3.8) is 0 Å². The van der Waals surface area contributed by atoms with Crippen LogP contribution in [-0.2, 0) is 38.3 Å². The Kier molecular flexibility index (Phi) is 57.1. The fourth-order valence-electron chi connectivity index (χ4n) is 0. The minimum Gasteiger partial charge on any atom is 0 e. The second-order valence-corrected chi connectivity index (χ2v) is 1.75. The second-order valence-electron chi connectivity index (χ2n) is 1.56. The van der Waals surface area contributed by atoms with Crippen LogP contribution in [0.3, 0.4) is 0 Å². The van der Waals surface area contributed by atoms with E-state index in [1.807, 2.05) is 0 Å². The molecular weight excluding hydrogens is 240 g/mol. The molecule has 9 heavy (non-hydrogen) atoms. The smallest absolute Gasteiger partial charge is 0 e. The average Bonchev–Trinajstić information content (AvgIpc) is 1.33. The maximum absolute atomic E-state index is 8.45. The molecule has 0 heterocycles. The minimum absolute atomic E-state index is 0. The van der Waals surface area contributed by atoms with Crippen LogP contribution in [0, 0.1) is 5.92 Å². The van der Waals surface area contributed by atoms with Gasteiger partial charge in [0.05, 0.1) is 0 Å². The van der Waals surface area contributed by atoms with Gasteiger partial charge in [-0.25, -0.2) is 0 Å². The molecule has 0 saturated carbocycles. The average molecular weight is 251 g/mol. The van der Waals surface area contributed by atoms with Gasteiger partial charge in [0.1, 0.15) is 0 Å². The summed E-state index contributed by atoms with van der Waals surface area (Å²) < 4.78 is 15.4. The van der Waals surface area contributed by atoms with E-state index in [2.05, 4.69) is 20.8 Å². The van der Waals surface area contributed by atoms with Crippen LogP contribution in [0.15, 0.2) is 0 Å². The van der Waals surface area contributed by atoms with Crippen LogP contribution in [0.2, 0.25) is 0 Å². The first-order valence-corrected chi connectivity index (χ1v) is 2.68. The quantitative estimate of drug-likeness (QED) is 0.521. The molecule has 0 unspecified atom stereocenters. The molecule has 0 spiro atoms. The zero-order valence-electron chi connectivity index (χ0n) is 5.80. The van der Waals surface area contributed by atoms with Gasteiger partial charge in [0, 0.05) is 19.5 Å². The molecule has 0 rings (SSSR count). The van der Waals surface area contributed by atoms with Crippen LogP contribution >= 0.6 is 12.4 Å². The Morgan fingerprint density at radius 1 is 1.33 bits per heavy atom. The Bertz CT molecular complexity index is 42.8. The van der Waals surface area contributed by atoms with E-state index >= 15 is 0 Å². The van der Waals surface area contributed by atoms with Crippen LogP contribution in [0.25, 0.3) is 0 Å². The molecule has 0 aromatic carbocycles. The van der Waals surface area contributed by atoms with Crippen LogP contribution in [0.5, 0.6) is 0 Å². The van der Waals surface area contributed by atoms with Gasteiger partial charge < -0.3 is 5.92 Å². The molecule has 0 atom stereocenters. The fourth-order valence-corrected chi connectivity index (χ4v) is 0. The zero-order chi connectivity index (χ0) is 6.28. The molecule has 5 heteroatoms. The predicted octanol–water partition coefficient (Wildman–Crippen LogP) is 1.36. The molecule has 0 amide bonds. The van der Waals surface area contributed by atoms with E-state index in [0.717, 1.165) is 0 Å². The summed E-state index contributed by atoms with van der Waals surface area (Å²) in [7, 11) is 0. The maximum atomic E-state index is 8.45. The molecule has 0 aromatic heterocycles. The van der Waals surface area contributed by atoms with Crippen LogP contribution in [0.1, 0.15) is 20.8 Å². The van der Waals surface area contributed by atoms with Crippen molar-refractivity contribution in [2.75, 3.05) is 0 Å². The normalized spacial score (nSPS) is 6.33. The van der Waals surface area contributed by atoms with Crippen LogP contribution in [-0.4, -0.2) is 4.22 Å². The van der Waals surface area contributed by atoms with E-state index in [4.69, 9.17) is 8.08 Å². The number of hydrogen-bond donors (Lipinski definition) is 1. The molecule has 0 fully saturated rings. The molecule has 0 bridgehead atoms. The van der Waals surface area contributed by atoms with Crippen molar-refractivity contribution in [2.45, 2.75) is 20.8 Å². The first kappa shape index (κ1) is 22.5.